The fraction of sp³-hybridized carbons (Fsp3) is 0.0741. The van der Waals surface area contributed by atoms with Gasteiger partial charge in [-0.15, -0.1) is 11.3 Å². The van der Waals surface area contributed by atoms with Gasteiger partial charge in [-0.25, -0.2) is 4.98 Å². The quantitative estimate of drug-likeness (QED) is 0.340. The number of thiazole rings is 1. The number of carbonyl (C=O) groups excluding carboxylic acids is 1. The number of hydrogen-bond donors (Lipinski definition) is 1. The molecule has 1 amide bonds. The molecule has 0 radical (unpaired) electrons. The molecule has 3 aromatic carbocycles. The first kappa shape index (κ1) is 20.8. The van der Waals surface area contributed by atoms with Crippen molar-refractivity contribution in [1.29, 1.82) is 0 Å². The third-order valence-electron chi connectivity index (χ3n) is 5.38. The minimum Gasteiger partial charge on any atom is -0.456 e. The summed E-state index contributed by atoms with van der Waals surface area (Å²) in [6.45, 7) is 3.88. The van der Waals surface area contributed by atoms with E-state index in [0.29, 0.717) is 27.4 Å². The van der Waals surface area contributed by atoms with Crippen molar-refractivity contribution in [3.8, 4) is 22.6 Å². The highest BCUT2D eigenvalue weighted by Crippen LogP contribution is 2.27. The zero-order chi connectivity index (χ0) is 22.9. The Morgan fingerprint density at radius 3 is 2.45 bits per heavy atom. The van der Waals surface area contributed by atoms with Crippen LogP contribution in [0.2, 0.25) is 0 Å². The van der Waals surface area contributed by atoms with Crippen LogP contribution in [-0.4, -0.2) is 10.9 Å². The van der Waals surface area contributed by atoms with Crippen molar-refractivity contribution in [1.82, 2.24) is 4.98 Å². The zero-order valence-corrected chi connectivity index (χ0v) is 18.9. The summed E-state index contributed by atoms with van der Waals surface area (Å²) in [4.78, 5) is 29.8. The summed E-state index contributed by atoms with van der Waals surface area (Å²) in [7, 11) is 0. The number of rotatable bonds is 4. The monoisotopic (exact) mass is 452 g/mol. The largest absolute Gasteiger partial charge is 0.456 e. The maximum absolute atomic E-state index is 12.7. The van der Waals surface area contributed by atoms with Gasteiger partial charge < -0.3 is 4.42 Å². The van der Waals surface area contributed by atoms with Gasteiger partial charge in [0.2, 0.25) is 0 Å². The van der Waals surface area contributed by atoms with Crippen LogP contribution in [0, 0.1) is 13.8 Å². The smallest absolute Gasteiger partial charge is 0.257 e. The van der Waals surface area contributed by atoms with Crippen molar-refractivity contribution in [2.75, 3.05) is 5.32 Å². The van der Waals surface area contributed by atoms with Crippen LogP contribution >= 0.6 is 11.3 Å². The first-order valence-corrected chi connectivity index (χ1v) is 11.3. The molecule has 33 heavy (non-hydrogen) atoms. The Bertz CT molecular complexity index is 1530. The Hall–Kier alpha value is -4.03. The SMILES string of the molecule is Cc1cc(C)c2oc(-c3ccc(C(=O)Nc4nc(-c5ccccc5)cs4)cc3)cc(=O)c2c1. The molecule has 5 rings (SSSR count). The van der Waals surface area contributed by atoms with Gasteiger partial charge >= 0.3 is 0 Å². The summed E-state index contributed by atoms with van der Waals surface area (Å²) in [5.74, 6) is 0.223. The predicted octanol–water partition coefficient (Wildman–Crippen LogP) is 6.45. The minimum absolute atomic E-state index is 0.0853. The highest BCUT2D eigenvalue weighted by atomic mass is 32.1. The molecule has 5 nitrogen and oxygen atoms in total. The molecule has 0 unspecified atom stereocenters. The van der Waals surface area contributed by atoms with Gasteiger partial charge in [0.1, 0.15) is 11.3 Å². The molecule has 0 spiro atoms. The van der Waals surface area contributed by atoms with E-state index in [9.17, 15) is 9.59 Å². The summed E-state index contributed by atoms with van der Waals surface area (Å²) >= 11 is 1.38. The lowest BCUT2D eigenvalue weighted by Crippen LogP contribution is -2.11. The molecule has 0 aliphatic heterocycles. The second-order valence-electron chi connectivity index (χ2n) is 7.87. The van der Waals surface area contributed by atoms with Crippen LogP contribution in [-0.2, 0) is 0 Å². The van der Waals surface area contributed by atoms with Crippen LogP contribution in [0.4, 0.5) is 5.13 Å². The Labute approximate surface area is 194 Å². The highest BCUT2D eigenvalue weighted by molar-refractivity contribution is 7.14. The van der Waals surface area contributed by atoms with Crippen molar-refractivity contribution in [2.45, 2.75) is 13.8 Å². The lowest BCUT2D eigenvalue weighted by atomic mass is 10.1. The summed E-state index contributed by atoms with van der Waals surface area (Å²) in [5.41, 5.74) is 5.48. The third-order valence-corrected chi connectivity index (χ3v) is 6.14. The van der Waals surface area contributed by atoms with Gasteiger partial charge in [-0.2, -0.15) is 0 Å². The summed E-state index contributed by atoms with van der Waals surface area (Å²) in [6, 6.07) is 22.1. The van der Waals surface area contributed by atoms with E-state index in [0.717, 1.165) is 27.9 Å². The number of nitrogens with zero attached hydrogens (tertiary/aromatic N) is 1. The van der Waals surface area contributed by atoms with E-state index in [-0.39, 0.29) is 11.3 Å². The average Bonchev–Trinajstić information content (AvgIpc) is 3.29. The van der Waals surface area contributed by atoms with Crippen LogP contribution < -0.4 is 10.7 Å². The number of anilines is 1. The van der Waals surface area contributed by atoms with E-state index in [1.54, 1.807) is 24.3 Å². The van der Waals surface area contributed by atoms with Gasteiger partial charge in [0.25, 0.3) is 5.91 Å². The average molecular weight is 453 g/mol. The molecule has 2 heterocycles. The zero-order valence-electron chi connectivity index (χ0n) is 18.1. The fourth-order valence-corrected chi connectivity index (χ4v) is 4.49. The third kappa shape index (κ3) is 4.21. The summed E-state index contributed by atoms with van der Waals surface area (Å²) in [6.07, 6.45) is 0. The van der Waals surface area contributed by atoms with E-state index in [1.165, 1.54) is 17.4 Å². The second kappa shape index (κ2) is 8.48. The molecule has 2 aromatic heterocycles. The highest BCUT2D eigenvalue weighted by Gasteiger charge is 2.13. The van der Waals surface area contributed by atoms with Crippen molar-refractivity contribution in [3.05, 3.63) is 105 Å². The van der Waals surface area contributed by atoms with Gasteiger partial charge in [0.05, 0.1) is 11.1 Å². The Morgan fingerprint density at radius 1 is 0.939 bits per heavy atom. The topological polar surface area (TPSA) is 72.2 Å². The first-order valence-electron chi connectivity index (χ1n) is 10.5. The number of aromatic nitrogens is 1. The maximum atomic E-state index is 12.7. The molecule has 0 saturated heterocycles. The standard InChI is InChI=1S/C27H20N2O3S/c1-16-12-17(2)25-21(13-16)23(30)14-24(32-25)19-8-10-20(11-9-19)26(31)29-27-28-22(15-33-27)18-6-4-3-5-7-18/h3-15H,1-2H3,(H,28,29,31). The van der Waals surface area contributed by atoms with E-state index in [2.05, 4.69) is 10.3 Å². The maximum Gasteiger partial charge on any atom is 0.257 e. The Kier molecular flexibility index (Phi) is 5.36. The van der Waals surface area contributed by atoms with Crippen molar-refractivity contribution >= 4 is 33.3 Å². The van der Waals surface area contributed by atoms with Crippen LogP contribution in [0.1, 0.15) is 21.5 Å². The van der Waals surface area contributed by atoms with E-state index in [1.807, 2.05) is 61.7 Å². The van der Waals surface area contributed by atoms with Gasteiger partial charge in [0.15, 0.2) is 10.6 Å². The fourth-order valence-electron chi connectivity index (χ4n) is 3.78. The molecule has 0 bridgehead atoms. The van der Waals surface area contributed by atoms with E-state index < -0.39 is 0 Å². The number of amides is 1. The Balaban J connectivity index is 1.37. The van der Waals surface area contributed by atoms with Crippen molar-refractivity contribution < 1.29 is 9.21 Å². The van der Waals surface area contributed by atoms with Gasteiger partial charge in [0, 0.05) is 28.1 Å². The number of nitrogens with one attached hydrogen (secondary N) is 1. The lowest BCUT2D eigenvalue weighted by Gasteiger charge is -2.07. The summed E-state index contributed by atoms with van der Waals surface area (Å²) < 4.78 is 6.05. The van der Waals surface area contributed by atoms with Crippen LogP contribution in [0.5, 0.6) is 0 Å². The molecule has 5 aromatic rings. The first-order chi connectivity index (χ1) is 16.0. The van der Waals surface area contributed by atoms with Crippen molar-refractivity contribution in [2.24, 2.45) is 0 Å². The number of carbonyl (C=O) groups is 1. The molecule has 6 heteroatoms. The molecular formula is C27H20N2O3S. The lowest BCUT2D eigenvalue weighted by molar-refractivity contribution is 0.102. The Morgan fingerprint density at radius 2 is 1.70 bits per heavy atom. The summed E-state index contributed by atoms with van der Waals surface area (Å²) in [5, 5.41) is 5.88. The van der Waals surface area contributed by atoms with Crippen LogP contribution in [0.3, 0.4) is 0 Å². The molecular weight excluding hydrogens is 432 g/mol. The van der Waals surface area contributed by atoms with Gasteiger partial charge in [-0.3, -0.25) is 14.9 Å². The molecule has 0 fully saturated rings. The van der Waals surface area contributed by atoms with Gasteiger partial charge in [-0.05, 0) is 43.2 Å². The molecule has 0 aliphatic carbocycles. The van der Waals surface area contributed by atoms with Gasteiger partial charge in [-0.1, -0.05) is 48.5 Å². The van der Waals surface area contributed by atoms with Crippen molar-refractivity contribution in [3.63, 3.8) is 0 Å². The molecule has 162 valence electrons. The van der Waals surface area contributed by atoms with Crippen LogP contribution in [0.15, 0.2) is 87.4 Å². The number of aryl methyl sites for hydroxylation is 2. The minimum atomic E-state index is -0.248. The molecule has 0 atom stereocenters. The number of benzene rings is 3. The van der Waals surface area contributed by atoms with E-state index in [4.69, 9.17) is 4.42 Å². The molecule has 1 N–H and O–H groups in total. The van der Waals surface area contributed by atoms with Crippen LogP contribution in [0.25, 0.3) is 33.6 Å². The number of hydrogen-bond acceptors (Lipinski definition) is 5. The molecule has 0 aliphatic rings. The second-order valence-corrected chi connectivity index (χ2v) is 8.73. The normalized spacial score (nSPS) is 11.0. The van der Waals surface area contributed by atoms with E-state index >= 15 is 0 Å². The predicted molar refractivity (Wildman–Crippen MR) is 133 cm³/mol. The molecule has 0 saturated carbocycles. The number of fused-ring (bicyclic) bond motifs is 1.